The number of aromatic nitrogens is 1. The van der Waals surface area contributed by atoms with Gasteiger partial charge in [-0.3, -0.25) is 4.79 Å². The Morgan fingerprint density at radius 2 is 2.20 bits per heavy atom. The molecule has 6 rings (SSSR count). The lowest BCUT2D eigenvalue weighted by Gasteiger charge is -2.21. The van der Waals surface area contributed by atoms with Crippen LogP contribution in [-0.4, -0.2) is 39.5 Å². The van der Waals surface area contributed by atoms with Gasteiger partial charge in [-0.25, -0.2) is 19.7 Å². The molecule has 1 aromatic heterocycles. The number of likely N-dealkylation sites (tertiary alicyclic amines) is 1. The quantitative estimate of drug-likeness (QED) is 0.690. The summed E-state index contributed by atoms with van der Waals surface area (Å²) in [5.41, 5.74) is 6.62. The molecule has 1 saturated heterocycles. The summed E-state index contributed by atoms with van der Waals surface area (Å²) in [5, 5.41) is 3.57. The van der Waals surface area contributed by atoms with E-state index in [9.17, 15) is 14.0 Å². The highest BCUT2D eigenvalue weighted by atomic mass is 19.1. The Morgan fingerprint density at radius 1 is 1.29 bits per heavy atom. The van der Waals surface area contributed by atoms with E-state index in [4.69, 9.17) is 4.94 Å². The number of benzene rings is 1. The molecule has 1 N–H and O–H groups in total. The minimum Gasteiger partial charge on any atom is -0.343 e. The van der Waals surface area contributed by atoms with E-state index in [1.54, 1.807) is 35.7 Å². The van der Waals surface area contributed by atoms with E-state index in [0.717, 1.165) is 33.8 Å². The number of halogens is 1. The Labute approximate surface area is 201 Å². The van der Waals surface area contributed by atoms with Crippen LogP contribution in [0.5, 0.6) is 0 Å². The van der Waals surface area contributed by atoms with E-state index < -0.39 is 0 Å². The first-order valence-electron chi connectivity index (χ1n) is 11.6. The maximum atomic E-state index is 13.8. The predicted molar refractivity (Wildman–Crippen MR) is 127 cm³/mol. The van der Waals surface area contributed by atoms with Crippen molar-refractivity contribution in [3.8, 4) is 0 Å². The van der Waals surface area contributed by atoms with Crippen LogP contribution < -0.4 is 16.0 Å². The number of nitrogens with zero attached hydrogens (tertiary/aromatic N) is 3. The molecular formula is C27H23FN4O3. The first-order chi connectivity index (χ1) is 17.1. The molecular weight excluding hydrogens is 447 g/mol. The number of rotatable bonds is 4. The second-order valence-corrected chi connectivity index (χ2v) is 9.08. The summed E-state index contributed by atoms with van der Waals surface area (Å²) < 4.78 is 15.9. The molecule has 4 heterocycles. The third kappa shape index (κ3) is 3.93. The first-order valence-corrected chi connectivity index (χ1v) is 11.6. The molecule has 0 saturated carbocycles. The minimum absolute atomic E-state index is 0.0201. The van der Waals surface area contributed by atoms with Crippen LogP contribution in [0.25, 0.3) is 12.2 Å². The minimum atomic E-state index is -0.264. The van der Waals surface area contributed by atoms with Gasteiger partial charge in [0.15, 0.2) is 0 Å². The summed E-state index contributed by atoms with van der Waals surface area (Å²) >= 11 is 0. The maximum Gasteiger partial charge on any atom is 0.254 e. The molecule has 0 radical (unpaired) electrons. The molecule has 8 heteroatoms. The number of fused-ring (bicyclic) bond motifs is 2. The summed E-state index contributed by atoms with van der Waals surface area (Å²) in [6.45, 7) is 1.77. The Bertz CT molecular complexity index is 1490. The van der Waals surface area contributed by atoms with Gasteiger partial charge in [0.25, 0.3) is 5.91 Å². The molecule has 1 aliphatic carbocycles. The van der Waals surface area contributed by atoms with Crippen LogP contribution in [0.1, 0.15) is 29.9 Å². The summed E-state index contributed by atoms with van der Waals surface area (Å²) in [5.74, 6) is 1.89. The number of nitrogens with one attached hydrogen (secondary N) is 1. The molecule has 1 fully saturated rings. The lowest BCUT2D eigenvalue weighted by atomic mass is 9.97. The van der Waals surface area contributed by atoms with Gasteiger partial charge in [-0.2, -0.15) is 4.94 Å². The van der Waals surface area contributed by atoms with Crippen LogP contribution in [0.15, 0.2) is 71.9 Å². The van der Waals surface area contributed by atoms with Crippen molar-refractivity contribution in [2.24, 2.45) is 0 Å². The Balaban J connectivity index is 1.29. The van der Waals surface area contributed by atoms with Gasteiger partial charge in [0.1, 0.15) is 11.8 Å². The molecule has 0 spiro atoms. The van der Waals surface area contributed by atoms with E-state index in [1.807, 2.05) is 29.1 Å². The largest absolute Gasteiger partial charge is 0.343 e. The third-order valence-corrected chi connectivity index (χ3v) is 6.87. The van der Waals surface area contributed by atoms with Crippen molar-refractivity contribution in [1.82, 2.24) is 20.0 Å². The second kappa shape index (κ2) is 8.58. The number of allylic oxidation sites excluding steroid dienone is 2. The van der Waals surface area contributed by atoms with Gasteiger partial charge < -0.3 is 9.47 Å². The second-order valence-electron chi connectivity index (χ2n) is 9.08. The summed E-state index contributed by atoms with van der Waals surface area (Å²) in [6.07, 6.45) is 14.3. The van der Waals surface area contributed by atoms with Crippen molar-refractivity contribution in [1.29, 1.82) is 0 Å². The van der Waals surface area contributed by atoms with Crippen LogP contribution in [0.4, 0.5) is 4.39 Å². The SMILES string of the molecule is O=C=C1C=c2c(C3CCN(C(=O)C4=CC5=CNON5C=C4)C3)cn(Cc3cccc(F)c3)c2=CC1. The van der Waals surface area contributed by atoms with E-state index in [0.29, 0.717) is 37.2 Å². The lowest BCUT2D eigenvalue weighted by molar-refractivity contribution is -0.126. The van der Waals surface area contributed by atoms with Gasteiger partial charge in [-0.15, -0.1) is 0 Å². The molecule has 1 amide bonds. The molecule has 4 aliphatic rings. The highest BCUT2D eigenvalue weighted by molar-refractivity contribution is 5.97. The molecule has 2 aromatic rings. The van der Waals surface area contributed by atoms with E-state index in [2.05, 4.69) is 16.2 Å². The lowest BCUT2D eigenvalue weighted by Crippen LogP contribution is -2.34. The topological polar surface area (TPSA) is 66.8 Å². The molecule has 176 valence electrons. The summed E-state index contributed by atoms with van der Waals surface area (Å²) in [4.78, 5) is 31.7. The van der Waals surface area contributed by atoms with Gasteiger partial charge in [-0.05, 0) is 47.9 Å². The Kier molecular flexibility index (Phi) is 5.25. The smallest absolute Gasteiger partial charge is 0.254 e. The van der Waals surface area contributed by atoms with Crippen LogP contribution in [0.2, 0.25) is 0 Å². The third-order valence-electron chi connectivity index (χ3n) is 6.87. The van der Waals surface area contributed by atoms with Crippen molar-refractivity contribution < 1.29 is 18.9 Å². The van der Waals surface area contributed by atoms with Crippen molar-refractivity contribution in [2.45, 2.75) is 25.3 Å². The number of hydroxylamine groups is 3. The van der Waals surface area contributed by atoms with Crippen molar-refractivity contribution in [2.75, 3.05) is 13.1 Å². The molecule has 1 unspecified atom stereocenters. The van der Waals surface area contributed by atoms with Crippen LogP contribution in [-0.2, 0) is 21.1 Å². The number of carbonyl (C=O) groups excluding carboxylic acids is 2. The number of hydrogen-bond donors (Lipinski definition) is 1. The zero-order chi connectivity index (χ0) is 23.9. The fourth-order valence-corrected chi connectivity index (χ4v) is 5.14. The van der Waals surface area contributed by atoms with Gasteiger partial charge >= 0.3 is 0 Å². The monoisotopic (exact) mass is 470 g/mol. The van der Waals surface area contributed by atoms with Crippen LogP contribution >= 0.6 is 0 Å². The predicted octanol–water partition coefficient (Wildman–Crippen LogP) is 1.76. The Morgan fingerprint density at radius 3 is 3.06 bits per heavy atom. The summed E-state index contributed by atoms with van der Waals surface area (Å²) in [7, 11) is 0. The maximum absolute atomic E-state index is 13.8. The van der Waals surface area contributed by atoms with Crippen molar-refractivity contribution in [3.05, 3.63) is 99.4 Å². The average Bonchev–Trinajstić information content (AvgIpc) is 3.61. The first kappa shape index (κ1) is 21.4. The number of hydrogen-bond acceptors (Lipinski definition) is 5. The Hall–Kier alpha value is -4.13. The molecule has 1 atom stereocenters. The van der Waals surface area contributed by atoms with Gasteiger partial charge in [-0.1, -0.05) is 18.2 Å². The zero-order valence-corrected chi connectivity index (χ0v) is 18.9. The number of carbonyl (C=O) groups is 1. The average molecular weight is 471 g/mol. The fourth-order valence-electron chi connectivity index (χ4n) is 5.14. The van der Waals surface area contributed by atoms with E-state index in [1.165, 1.54) is 12.1 Å². The van der Waals surface area contributed by atoms with Gasteiger partial charge in [0.05, 0.1) is 11.9 Å². The highest BCUT2D eigenvalue weighted by Gasteiger charge is 2.31. The molecule has 7 nitrogen and oxygen atoms in total. The number of amides is 1. The van der Waals surface area contributed by atoms with E-state index >= 15 is 0 Å². The van der Waals surface area contributed by atoms with Crippen LogP contribution in [0.3, 0.4) is 0 Å². The van der Waals surface area contributed by atoms with Gasteiger partial charge in [0.2, 0.25) is 0 Å². The van der Waals surface area contributed by atoms with Gasteiger partial charge in [0, 0.05) is 66.1 Å². The molecule has 35 heavy (non-hydrogen) atoms. The standard InChI is InChI=1S/C27H23FN4O3/c28-22-3-1-2-18(10-22)14-31-16-25(24-11-19(17-33)4-5-26(24)31)21-6-8-30(15-21)27(34)20-7-9-32-23(12-20)13-29-35-32/h1-3,5,7,9-13,16,21,29H,4,6,8,14-15H2. The fraction of sp³-hybridized carbons (Fsp3) is 0.222. The van der Waals surface area contributed by atoms with E-state index in [-0.39, 0.29) is 17.6 Å². The molecule has 1 aromatic carbocycles. The van der Waals surface area contributed by atoms with Crippen molar-refractivity contribution >= 4 is 24.0 Å². The summed E-state index contributed by atoms with van der Waals surface area (Å²) in [6, 6.07) is 6.59. The highest BCUT2D eigenvalue weighted by Crippen LogP contribution is 2.28. The van der Waals surface area contributed by atoms with Crippen LogP contribution in [0, 0.1) is 5.82 Å². The molecule has 3 aliphatic heterocycles. The zero-order valence-electron chi connectivity index (χ0n) is 18.9. The molecule has 0 bridgehead atoms. The van der Waals surface area contributed by atoms with Crippen molar-refractivity contribution in [3.63, 3.8) is 0 Å². The normalized spacial score (nSPS) is 20.3.